The van der Waals surface area contributed by atoms with Crippen molar-refractivity contribution in [2.45, 2.75) is 19.4 Å². The third kappa shape index (κ3) is 3.40. The summed E-state index contributed by atoms with van der Waals surface area (Å²) in [7, 11) is 0. The topological polar surface area (TPSA) is 42.0 Å². The van der Waals surface area contributed by atoms with Crippen molar-refractivity contribution in [3.8, 4) is 0 Å². The van der Waals surface area contributed by atoms with Gasteiger partial charge in [-0.3, -0.25) is 9.78 Å². The van der Waals surface area contributed by atoms with E-state index in [0.717, 1.165) is 10.9 Å². The lowest BCUT2D eigenvalue weighted by Crippen LogP contribution is -2.29. The van der Waals surface area contributed by atoms with Crippen LogP contribution in [0.15, 0.2) is 54.6 Å². The second-order valence-corrected chi connectivity index (χ2v) is 5.59. The van der Waals surface area contributed by atoms with Crippen LogP contribution in [0.3, 0.4) is 0 Å². The van der Waals surface area contributed by atoms with Crippen LogP contribution in [-0.4, -0.2) is 10.9 Å². The Morgan fingerprint density at radius 2 is 1.75 bits per heavy atom. The van der Waals surface area contributed by atoms with Crippen molar-refractivity contribution in [2.24, 2.45) is 0 Å². The molecule has 1 atom stereocenters. The Kier molecular flexibility index (Phi) is 4.51. The Labute approximate surface area is 138 Å². The van der Waals surface area contributed by atoms with E-state index in [1.807, 2.05) is 30.3 Å². The molecule has 5 heteroatoms. The summed E-state index contributed by atoms with van der Waals surface area (Å²) in [6.07, 6.45) is 0.197. The number of amides is 1. The molecule has 1 amide bonds. The zero-order chi connectivity index (χ0) is 17.1. The van der Waals surface area contributed by atoms with Gasteiger partial charge >= 0.3 is 0 Å². The fourth-order valence-electron chi connectivity index (χ4n) is 2.75. The maximum atomic E-state index is 14.1. The maximum Gasteiger partial charge on any atom is 0.217 e. The van der Waals surface area contributed by atoms with Crippen molar-refractivity contribution in [1.82, 2.24) is 10.3 Å². The third-order valence-electron chi connectivity index (χ3n) is 3.80. The van der Waals surface area contributed by atoms with Crippen LogP contribution in [0.1, 0.15) is 24.2 Å². The van der Waals surface area contributed by atoms with Crippen LogP contribution in [0.5, 0.6) is 0 Å². The molecule has 2 aromatic carbocycles. The fraction of sp³-hybridized carbons (Fsp3) is 0.158. The summed E-state index contributed by atoms with van der Waals surface area (Å²) in [5, 5.41) is 3.60. The number of benzene rings is 2. The molecule has 0 unspecified atom stereocenters. The van der Waals surface area contributed by atoms with Crippen LogP contribution in [0.2, 0.25) is 0 Å². The Morgan fingerprint density at radius 1 is 1.04 bits per heavy atom. The van der Waals surface area contributed by atoms with E-state index in [0.29, 0.717) is 5.69 Å². The van der Waals surface area contributed by atoms with Gasteiger partial charge in [0.05, 0.1) is 11.6 Å². The van der Waals surface area contributed by atoms with Gasteiger partial charge in [-0.2, -0.15) is 0 Å². The highest BCUT2D eigenvalue weighted by Gasteiger charge is 2.22. The van der Waals surface area contributed by atoms with Crippen LogP contribution in [0.4, 0.5) is 8.78 Å². The SMILES string of the molecule is CC(=O)N[C@H](Cc1ccc2ccccc2n1)c1c(F)cccc1F. The Morgan fingerprint density at radius 3 is 2.46 bits per heavy atom. The van der Waals surface area contributed by atoms with Gasteiger partial charge in [-0.15, -0.1) is 0 Å². The quantitative estimate of drug-likeness (QED) is 0.789. The molecule has 1 heterocycles. The van der Waals surface area contributed by atoms with Gasteiger partial charge in [-0.25, -0.2) is 8.78 Å². The van der Waals surface area contributed by atoms with E-state index in [-0.39, 0.29) is 17.9 Å². The number of nitrogens with one attached hydrogen (secondary N) is 1. The summed E-state index contributed by atoms with van der Waals surface area (Å²) in [4.78, 5) is 16.0. The summed E-state index contributed by atoms with van der Waals surface area (Å²) in [6.45, 7) is 1.32. The molecule has 0 spiro atoms. The molecule has 0 bridgehead atoms. The lowest BCUT2D eigenvalue weighted by Gasteiger charge is -2.19. The van der Waals surface area contributed by atoms with Gasteiger partial charge in [0.1, 0.15) is 11.6 Å². The van der Waals surface area contributed by atoms with E-state index in [2.05, 4.69) is 10.3 Å². The highest BCUT2D eigenvalue weighted by molar-refractivity contribution is 5.78. The Hall–Kier alpha value is -2.82. The minimum atomic E-state index is -0.822. The standard InChI is InChI=1S/C19H16F2N2O/c1-12(24)22-18(19-15(20)6-4-7-16(19)21)11-14-10-9-13-5-2-3-8-17(13)23-14/h2-10,18H,11H2,1H3,(H,22,24)/t18-/m1/s1. The molecular weight excluding hydrogens is 310 g/mol. The summed E-state index contributed by atoms with van der Waals surface area (Å²) in [5.74, 6) is -1.73. The highest BCUT2D eigenvalue weighted by Crippen LogP contribution is 2.24. The monoisotopic (exact) mass is 326 g/mol. The minimum Gasteiger partial charge on any atom is -0.349 e. The number of hydrogen-bond acceptors (Lipinski definition) is 2. The van der Waals surface area contributed by atoms with Crippen molar-refractivity contribution in [3.05, 3.63) is 77.5 Å². The number of pyridine rings is 1. The smallest absolute Gasteiger partial charge is 0.217 e. The van der Waals surface area contributed by atoms with Crippen molar-refractivity contribution in [2.75, 3.05) is 0 Å². The predicted octanol–water partition coefficient (Wildman–Crippen LogP) is 3.93. The molecule has 0 radical (unpaired) electrons. The molecule has 122 valence electrons. The maximum absolute atomic E-state index is 14.1. The lowest BCUT2D eigenvalue weighted by molar-refractivity contribution is -0.119. The van der Waals surface area contributed by atoms with Gasteiger partial charge in [0.2, 0.25) is 5.91 Å². The zero-order valence-corrected chi connectivity index (χ0v) is 13.1. The molecule has 0 aliphatic heterocycles. The largest absolute Gasteiger partial charge is 0.349 e. The van der Waals surface area contributed by atoms with Crippen LogP contribution in [0, 0.1) is 11.6 Å². The number of rotatable bonds is 4. The van der Waals surface area contributed by atoms with E-state index in [1.165, 1.54) is 25.1 Å². The molecule has 0 aliphatic rings. The summed E-state index contributed by atoms with van der Waals surface area (Å²) in [5.41, 5.74) is 1.29. The third-order valence-corrected chi connectivity index (χ3v) is 3.80. The van der Waals surface area contributed by atoms with E-state index < -0.39 is 17.7 Å². The van der Waals surface area contributed by atoms with Crippen molar-refractivity contribution in [3.63, 3.8) is 0 Å². The van der Waals surface area contributed by atoms with Gasteiger partial charge in [0.25, 0.3) is 0 Å². The van der Waals surface area contributed by atoms with E-state index in [1.54, 1.807) is 6.07 Å². The molecule has 3 nitrogen and oxygen atoms in total. The first-order valence-corrected chi connectivity index (χ1v) is 7.60. The van der Waals surface area contributed by atoms with Crippen LogP contribution >= 0.6 is 0 Å². The van der Waals surface area contributed by atoms with Crippen LogP contribution < -0.4 is 5.32 Å². The number of carbonyl (C=O) groups is 1. The predicted molar refractivity (Wildman–Crippen MR) is 88.4 cm³/mol. The van der Waals surface area contributed by atoms with Crippen LogP contribution in [-0.2, 0) is 11.2 Å². The lowest BCUT2D eigenvalue weighted by atomic mass is 9.99. The van der Waals surface area contributed by atoms with Gasteiger partial charge in [0.15, 0.2) is 0 Å². The average Bonchev–Trinajstić information content (AvgIpc) is 2.54. The molecule has 0 saturated heterocycles. The van der Waals surface area contributed by atoms with Gasteiger partial charge in [-0.1, -0.05) is 30.3 Å². The summed E-state index contributed by atoms with van der Waals surface area (Å²) >= 11 is 0. The van der Waals surface area contributed by atoms with Crippen molar-refractivity contribution >= 4 is 16.8 Å². The van der Waals surface area contributed by atoms with E-state index in [4.69, 9.17) is 0 Å². The first kappa shape index (κ1) is 16.1. The van der Waals surface area contributed by atoms with Gasteiger partial charge < -0.3 is 5.32 Å². The van der Waals surface area contributed by atoms with Gasteiger partial charge in [-0.05, 0) is 24.3 Å². The van der Waals surface area contributed by atoms with Crippen molar-refractivity contribution < 1.29 is 13.6 Å². The van der Waals surface area contributed by atoms with Crippen LogP contribution in [0.25, 0.3) is 10.9 Å². The normalized spacial score (nSPS) is 12.1. The molecule has 3 aromatic rings. The molecule has 0 aliphatic carbocycles. The fourth-order valence-corrected chi connectivity index (χ4v) is 2.75. The number of nitrogens with zero attached hydrogens (tertiary/aromatic N) is 1. The molecular formula is C19H16F2N2O. The molecule has 1 aromatic heterocycles. The Bertz CT molecular complexity index is 875. The number of halogens is 2. The van der Waals surface area contributed by atoms with Gasteiger partial charge in [0, 0.05) is 30.0 Å². The second-order valence-electron chi connectivity index (χ2n) is 5.59. The average molecular weight is 326 g/mol. The number of carbonyl (C=O) groups excluding carboxylic acids is 1. The second kappa shape index (κ2) is 6.74. The molecule has 0 fully saturated rings. The Balaban J connectivity index is 1.98. The van der Waals surface area contributed by atoms with E-state index >= 15 is 0 Å². The number of fused-ring (bicyclic) bond motifs is 1. The molecule has 0 saturated carbocycles. The first-order valence-electron chi connectivity index (χ1n) is 7.60. The zero-order valence-electron chi connectivity index (χ0n) is 13.1. The summed E-state index contributed by atoms with van der Waals surface area (Å²) in [6, 6.07) is 14.1. The molecule has 24 heavy (non-hydrogen) atoms. The summed E-state index contributed by atoms with van der Waals surface area (Å²) < 4.78 is 28.2. The first-order chi connectivity index (χ1) is 11.5. The molecule has 3 rings (SSSR count). The number of hydrogen-bond donors (Lipinski definition) is 1. The highest BCUT2D eigenvalue weighted by atomic mass is 19.1. The molecule has 1 N–H and O–H groups in total. The van der Waals surface area contributed by atoms with Crippen molar-refractivity contribution in [1.29, 1.82) is 0 Å². The minimum absolute atomic E-state index is 0.150. The number of aromatic nitrogens is 1. The number of para-hydroxylation sites is 1. The van der Waals surface area contributed by atoms with E-state index in [9.17, 15) is 13.6 Å².